The number of aliphatic hydroxyl groups excluding tert-OH is 1. The van der Waals surface area contributed by atoms with Crippen LogP contribution in [0.15, 0.2) is 18.2 Å². The maximum absolute atomic E-state index is 11.8. The van der Waals surface area contributed by atoms with Crippen molar-refractivity contribution in [2.75, 3.05) is 19.7 Å². The summed E-state index contributed by atoms with van der Waals surface area (Å²) >= 11 is 11.8. The normalized spacial score (nSPS) is 19.3. The zero-order valence-corrected chi connectivity index (χ0v) is 13.0. The lowest BCUT2D eigenvalue weighted by atomic mass is 10.2. The third-order valence-corrected chi connectivity index (χ3v) is 4.04. The van der Waals surface area contributed by atoms with E-state index in [0.29, 0.717) is 15.8 Å². The van der Waals surface area contributed by atoms with Crippen molar-refractivity contribution in [2.45, 2.75) is 25.0 Å². The van der Waals surface area contributed by atoms with Crippen molar-refractivity contribution in [3.8, 4) is 5.75 Å². The van der Waals surface area contributed by atoms with Crippen LogP contribution in [0.3, 0.4) is 0 Å². The quantitative estimate of drug-likeness (QED) is 0.740. The Kier molecular flexibility index (Phi) is 6.11. The van der Waals surface area contributed by atoms with Gasteiger partial charge in [0.15, 0.2) is 0 Å². The van der Waals surface area contributed by atoms with Gasteiger partial charge in [-0.25, -0.2) is 0 Å². The number of ether oxygens (including phenoxy) is 1. The van der Waals surface area contributed by atoms with Crippen LogP contribution in [-0.4, -0.2) is 42.9 Å². The van der Waals surface area contributed by atoms with Crippen molar-refractivity contribution in [2.24, 2.45) is 0 Å². The van der Waals surface area contributed by atoms with Crippen LogP contribution in [-0.2, 0) is 4.79 Å². The molecule has 0 aromatic heterocycles. The standard InChI is InChI=1S/C14H18Cl2N2O3/c15-10-3-1-5-12(13(10)16)21-8-9(19)7-18-14(20)11-4-2-6-17-11/h1,3,5,9,11,17,19H,2,4,6-8H2,(H,18,20)/t9-,11+/m0/s1. The number of nitrogens with one attached hydrogen (secondary N) is 2. The molecule has 1 aromatic rings. The van der Waals surface area contributed by atoms with Gasteiger partial charge in [0, 0.05) is 6.54 Å². The maximum Gasteiger partial charge on any atom is 0.237 e. The Morgan fingerprint density at radius 1 is 1.52 bits per heavy atom. The summed E-state index contributed by atoms with van der Waals surface area (Å²) in [4.78, 5) is 11.8. The van der Waals surface area contributed by atoms with Crippen LogP contribution in [0, 0.1) is 0 Å². The second-order valence-corrected chi connectivity index (χ2v) is 5.70. The predicted molar refractivity (Wildman–Crippen MR) is 82.0 cm³/mol. The monoisotopic (exact) mass is 332 g/mol. The van der Waals surface area contributed by atoms with Crippen LogP contribution in [0.2, 0.25) is 10.0 Å². The Hall–Kier alpha value is -1.01. The summed E-state index contributed by atoms with van der Waals surface area (Å²) in [6.07, 6.45) is 1.01. The minimum Gasteiger partial charge on any atom is -0.489 e. The van der Waals surface area contributed by atoms with E-state index in [2.05, 4.69) is 10.6 Å². The first-order valence-corrected chi connectivity index (χ1v) is 7.59. The predicted octanol–water partition coefficient (Wildman–Crippen LogP) is 1.60. The minimum atomic E-state index is -0.814. The molecule has 2 atom stereocenters. The lowest BCUT2D eigenvalue weighted by Crippen LogP contribution is -2.44. The first-order chi connectivity index (χ1) is 10.1. The molecule has 1 amide bonds. The lowest BCUT2D eigenvalue weighted by molar-refractivity contribution is -0.123. The Morgan fingerprint density at radius 3 is 3.05 bits per heavy atom. The van der Waals surface area contributed by atoms with Crippen molar-refractivity contribution >= 4 is 29.1 Å². The molecule has 7 heteroatoms. The van der Waals surface area contributed by atoms with E-state index in [9.17, 15) is 9.90 Å². The van der Waals surface area contributed by atoms with Crippen molar-refractivity contribution in [3.05, 3.63) is 28.2 Å². The van der Waals surface area contributed by atoms with Gasteiger partial charge in [0.25, 0.3) is 0 Å². The van der Waals surface area contributed by atoms with E-state index in [4.69, 9.17) is 27.9 Å². The van der Waals surface area contributed by atoms with Crippen LogP contribution in [0.1, 0.15) is 12.8 Å². The van der Waals surface area contributed by atoms with Crippen LogP contribution in [0.4, 0.5) is 0 Å². The topological polar surface area (TPSA) is 70.6 Å². The van der Waals surface area contributed by atoms with Crippen molar-refractivity contribution in [1.82, 2.24) is 10.6 Å². The highest BCUT2D eigenvalue weighted by Crippen LogP contribution is 2.31. The smallest absolute Gasteiger partial charge is 0.237 e. The Bertz CT molecular complexity index is 493. The molecule has 3 N–H and O–H groups in total. The minimum absolute atomic E-state index is 0.0262. The molecule has 21 heavy (non-hydrogen) atoms. The van der Waals surface area contributed by atoms with Gasteiger partial charge in [0.1, 0.15) is 23.5 Å². The molecule has 0 unspecified atom stereocenters. The molecule has 116 valence electrons. The maximum atomic E-state index is 11.8. The summed E-state index contributed by atoms with van der Waals surface area (Å²) in [5.41, 5.74) is 0. The number of rotatable bonds is 6. The molecule has 0 saturated carbocycles. The van der Waals surface area contributed by atoms with Crippen LogP contribution < -0.4 is 15.4 Å². The highest BCUT2D eigenvalue weighted by molar-refractivity contribution is 6.42. The molecule has 1 aromatic carbocycles. The van der Waals surface area contributed by atoms with Gasteiger partial charge in [-0.1, -0.05) is 29.3 Å². The fourth-order valence-electron chi connectivity index (χ4n) is 2.09. The molecule has 1 aliphatic rings. The van der Waals surface area contributed by atoms with Crippen molar-refractivity contribution in [3.63, 3.8) is 0 Å². The number of halogens is 2. The average Bonchev–Trinajstić information content (AvgIpc) is 3.00. The Labute approximate surface area is 133 Å². The highest BCUT2D eigenvalue weighted by Gasteiger charge is 2.22. The van der Waals surface area contributed by atoms with E-state index in [1.165, 1.54) is 0 Å². The molecule has 1 aliphatic heterocycles. The summed E-state index contributed by atoms with van der Waals surface area (Å²) in [6.45, 7) is 1.02. The third-order valence-electron chi connectivity index (χ3n) is 3.24. The largest absolute Gasteiger partial charge is 0.489 e. The van der Waals surface area contributed by atoms with Gasteiger partial charge < -0.3 is 20.5 Å². The number of carbonyl (C=O) groups excluding carboxylic acids is 1. The van der Waals surface area contributed by atoms with E-state index in [1.807, 2.05) is 0 Å². The molecular formula is C14H18Cl2N2O3. The van der Waals surface area contributed by atoms with Crippen LogP contribution in [0.25, 0.3) is 0 Å². The molecule has 0 spiro atoms. The summed E-state index contributed by atoms with van der Waals surface area (Å²) in [6, 6.07) is 4.88. The molecule has 5 nitrogen and oxygen atoms in total. The van der Waals surface area contributed by atoms with E-state index in [1.54, 1.807) is 18.2 Å². The fourth-order valence-corrected chi connectivity index (χ4v) is 2.44. The van der Waals surface area contributed by atoms with Gasteiger partial charge in [-0.05, 0) is 31.5 Å². The van der Waals surface area contributed by atoms with Gasteiger partial charge >= 0.3 is 0 Å². The third kappa shape index (κ3) is 4.74. The summed E-state index contributed by atoms with van der Waals surface area (Å²) in [5.74, 6) is 0.319. The van der Waals surface area contributed by atoms with Crippen molar-refractivity contribution in [1.29, 1.82) is 0 Å². The number of hydrogen-bond donors (Lipinski definition) is 3. The molecule has 1 fully saturated rings. The van der Waals surface area contributed by atoms with Gasteiger partial charge in [-0.3, -0.25) is 4.79 Å². The first-order valence-electron chi connectivity index (χ1n) is 6.84. The van der Waals surface area contributed by atoms with E-state index >= 15 is 0 Å². The number of aliphatic hydroxyl groups is 1. The summed E-state index contributed by atoms with van der Waals surface area (Å²) in [5, 5.41) is 16.3. The molecule has 0 aliphatic carbocycles. The number of benzene rings is 1. The molecule has 0 bridgehead atoms. The van der Waals surface area contributed by atoms with E-state index in [0.717, 1.165) is 19.4 Å². The van der Waals surface area contributed by atoms with E-state index in [-0.39, 0.29) is 25.1 Å². The zero-order chi connectivity index (χ0) is 15.2. The zero-order valence-electron chi connectivity index (χ0n) is 11.4. The Morgan fingerprint density at radius 2 is 2.33 bits per heavy atom. The molecular weight excluding hydrogens is 315 g/mol. The van der Waals surface area contributed by atoms with Gasteiger partial charge in [-0.15, -0.1) is 0 Å². The summed E-state index contributed by atoms with van der Waals surface area (Å²) in [7, 11) is 0. The molecule has 2 rings (SSSR count). The molecule has 1 heterocycles. The highest BCUT2D eigenvalue weighted by atomic mass is 35.5. The SMILES string of the molecule is O=C(NC[C@H](O)COc1cccc(Cl)c1Cl)[C@H]1CCCN1. The van der Waals surface area contributed by atoms with Gasteiger partial charge in [0.05, 0.1) is 11.1 Å². The van der Waals surface area contributed by atoms with Crippen LogP contribution in [0.5, 0.6) is 5.75 Å². The van der Waals surface area contributed by atoms with Gasteiger partial charge in [-0.2, -0.15) is 0 Å². The van der Waals surface area contributed by atoms with E-state index < -0.39 is 6.10 Å². The molecule has 0 radical (unpaired) electrons. The number of amides is 1. The number of hydrogen-bond acceptors (Lipinski definition) is 4. The summed E-state index contributed by atoms with van der Waals surface area (Å²) < 4.78 is 5.40. The van der Waals surface area contributed by atoms with Crippen LogP contribution >= 0.6 is 23.2 Å². The molecule has 1 saturated heterocycles. The second kappa shape index (κ2) is 7.84. The van der Waals surface area contributed by atoms with Gasteiger partial charge in [0.2, 0.25) is 5.91 Å². The Balaban J connectivity index is 1.73. The van der Waals surface area contributed by atoms with Crippen molar-refractivity contribution < 1.29 is 14.6 Å². The average molecular weight is 333 g/mol. The second-order valence-electron chi connectivity index (χ2n) is 4.91. The lowest BCUT2D eigenvalue weighted by Gasteiger charge is -2.16. The fraction of sp³-hybridized carbons (Fsp3) is 0.500. The number of carbonyl (C=O) groups is 1. The first kappa shape index (κ1) is 16.4.